The van der Waals surface area contributed by atoms with Crippen molar-refractivity contribution in [3.8, 4) is 0 Å². The van der Waals surface area contributed by atoms with Crippen LogP contribution in [-0.4, -0.2) is 18.5 Å². The maximum absolute atomic E-state index is 11.8. The Kier molecular flexibility index (Phi) is 12.9. The summed E-state index contributed by atoms with van der Waals surface area (Å²) < 4.78 is 5.16. The zero-order valence-corrected chi connectivity index (χ0v) is 14.7. The van der Waals surface area contributed by atoms with Gasteiger partial charge in [0.25, 0.3) is 0 Å². The van der Waals surface area contributed by atoms with E-state index in [1.54, 1.807) is 13.8 Å². The number of carbonyl (C=O) groups is 2. The Bertz CT molecular complexity index is 303. The summed E-state index contributed by atoms with van der Waals surface area (Å²) in [5.41, 5.74) is 5.23. The monoisotopic (exact) mass is 313 g/mol. The highest BCUT2D eigenvalue weighted by Crippen LogP contribution is 2.13. The van der Waals surface area contributed by atoms with Crippen molar-refractivity contribution < 1.29 is 14.3 Å². The Balaban J connectivity index is 3.49. The molecule has 0 aromatic rings. The van der Waals surface area contributed by atoms with Crippen molar-refractivity contribution in [3.63, 3.8) is 0 Å². The summed E-state index contributed by atoms with van der Waals surface area (Å²) in [7, 11) is 0. The van der Waals surface area contributed by atoms with Gasteiger partial charge in [0.15, 0.2) is 0 Å². The van der Waals surface area contributed by atoms with Crippen LogP contribution in [0.15, 0.2) is 0 Å². The van der Waals surface area contributed by atoms with Crippen molar-refractivity contribution in [3.05, 3.63) is 0 Å². The van der Waals surface area contributed by atoms with E-state index in [0.29, 0.717) is 6.61 Å². The second-order valence-corrected chi connectivity index (χ2v) is 6.47. The molecule has 22 heavy (non-hydrogen) atoms. The van der Waals surface area contributed by atoms with Gasteiger partial charge >= 0.3 is 5.97 Å². The van der Waals surface area contributed by atoms with E-state index in [-0.39, 0.29) is 5.92 Å². The zero-order valence-electron chi connectivity index (χ0n) is 14.7. The van der Waals surface area contributed by atoms with Crippen molar-refractivity contribution in [2.45, 2.75) is 85.0 Å². The van der Waals surface area contributed by atoms with Gasteiger partial charge < -0.3 is 10.5 Å². The van der Waals surface area contributed by atoms with E-state index in [0.717, 1.165) is 12.8 Å². The summed E-state index contributed by atoms with van der Waals surface area (Å²) in [6, 6.07) is 0. The number of ether oxygens (including phenoxy) is 1. The Morgan fingerprint density at radius 2 is 1.32 bits per heavy atom. The Labute approximate surface area is 136 Å². The first-order chi connectivity index (χ1) is 10.5. The lowest BCUT2D eigenvalue weighted by molar-refractivity contribution is -0.153. The Hall–Kier alpha value is -1.06. The number of primary amides is 1. The molecular formula is C18H35NO3. The molecule has 0 saturated heterocycles. The quantitative estimate of drug-likeness (QED) is 0.297. The van der Waals surface area contributed by atoms with Crippen LogP contribution in [-0.2, 0) is 14.3 Å². The normalized spacial score (nSPS) is 12.4. The second-order valence-electron chi connectivity index (χ2n) is 6.47. The molecule has 0 aromatic heterocycles. The molecule has 0 unspecified atom stereocenters. The van der Waals surface area contributed by atoms with Crippen molar-refractivity contribution in [2.24, 2.45) is 17.6 Å². The molecule has 0 aromatic carbocycles. The number of esters is 1. The predicted molar refractivity (Wildman–Crippen MR) is 90.3 cm³/mol. The van der Waals surface area contributed by atoms with E-state index < -0.39 is 17.8 Å². The molecule has 0 rings (SSSR count). The summed E-state index contributed by atoms with van der Waals surface area (Å²) >= 11 is 0. The van der Waals surface area contributed by atoms with Gasteiger partial charge in [-0.05, 0) is 12.3 Å². The van der Waals surface area contributed by atoms with Crippen LogP contribution in [0.5, 0.6) is 0 Å². The Morgan fingerprint density at radius 3 is 1.73 bits per heavy atom. The first-order valence-corrected chi connectivity index (χ1v) is 8.96. The van der Waals surface area contributed by atoms with Gasteiger partial charge in [-0.15, -0.1) is 0 Å². The van der Waals surface area contributed by atoms with Crippen LogP contribution >= 0.6 is 0 Å². The van der Waals surface area contributed by atoms with Crippen LogP contribution in [0, 0.1) is 11.8 Å². The first-order valence-electron chi connectivity index (χ1n) is 8.96. The van der Waals surface area contributed by atoms with E-state index >= 15 is 0 Å². The zero-order chi connectivity index (χ0) is 16.8. The molecule has 0 aliphatic carbocycles. The molecule has 0 radical (unpaired) electrons. The van der Waals surface area contributed by atoms with Gasteiger partial charge in [0.05, 0.1) is 6.61 Å². The molecule has 0 saturated carbocycles. The molecule has 0 heterocycles. The number of nitrogens with two attached hydrogens (primary N) is 1. The molecule has 0 bridgehead atoms. The molecule has 4 heteroatoms. The highest BCUT2D eigenvalue weighted by molar-refractivity contribution is 5.97. The number of rotatable bonds is 14. The molecule has 130 valence electrons. The van der Waals surface area contributed by atoms with Crippen molar-refractivity contribution in [1.29, 1.82) is 0 Å². The topological polar surface area (TPSA) is 69.4 Å². The third-order valence-corrected chi connectivity index (χ3v) is 3.97. The van der Waals surface area contributed by atoms with Gasteiger partial charge in [0.2, 0.25) is 5.91 Å². The summed E-state index contributed by atoms with van der Waals surface area (Å²) in [4.78, 5) is 23.0. The first kappa shape index (κ1) is 20.9. The molecule has 1 atom stereocenters. The average molecular weight is 313 g/mol. The molecule has 0 aliphatic heterocycles. The number of amides is 1. The summed E-state index contributed by atoms with van der Waals surface area (Å²) in [6.45, 7) is 6.24. The lowest BCUT2D eigenvalue weighted by atomic mass is 9.95. The minimum absolute atomic E-state index is 0.113. The minimum Gasteiger partial charge on any atom is -0.465 e. The maximum Gasteiger partial charge on any atom is 0.318 e. The van der Waals surface area contributed by atoms with E-state index in [4.69, 9.17) is 10.5 Å². The predicted octanol–water partition coefficient (Wildman–Crippen LogP) is 4.21. The highest BCUT2D eigenvalue weighted by Gasteiger charge is 2.29. The second kappa shape index (κ2) is 13.6. The lowest BCUT2D eigenvalue weighted by Gasteiger charge is -2.15. The fourth-order valence-corrected chi connectivity index (χ4v) is 2.57. The third kappa shape index (κ3) is 10.6. The van der Waals surface area contributed by atoms with E-state index in [9.17, 15) is 9.59 Å². The van der Waals surface area contributed by atoms with Crippen LogP contribution in [0.1, 0.15) is 85.0 Å². The number of unbranched alkanes of at least 4 members (excludes halogenated alkanes) is 9. The summed E-state index contributed by atoms with van der Waals surface area (Å²) in [5.74, 6) is -2.00. The molecule has 0 fully saturated rings. The smallest absolute Gasteiger partial charge is 0.318 e. The van der Waals surface area contributed by atoms with Crippen molar-refractivity contribution in [2.75, 3.05) is 6.61 Å². The average Bonchev–Trinajstić information content (AvgIpc) is 2.44. The molecule has 2 N–H and O–H groups in total. The third-order valence-electron chi connectivity index (χ3n) is 3.97. The Morgan fingerprint density at radius 1 is 0.864 bits per heavy atom. The van der Waals surface area contributed by atoms with Gasteiger partial charge in [0.1, 0.15) is 5.92 Å². The number of carbonyl (C=O) groups excluding carboxylic acids is 2. The van der Waals surface area contributed by atoms with Crippen LogP contribution in [0.3, 0.4) is 0 Å². The van der Waals surface area contributed by atoms with E-state index in [1.165, 1.54) is 51.4 Å². The van der Waals surface area contributed by atoms with Crippen LogP contribution in [0.25, 0.3) is 0 Å². The van der Waals surface area contributed by atoms with Crippen LogP contribution < -0.4 is 5.73 Å². The van der Waals surface area contributed by atoms with Crippen molar-refractivity contribution >= 4 is 11.9 Å². The van der Waals surface area contributed by atoms with E-state index in [1.807, 2.05) is 0 Å². The minimum atomic E-state index is -0.817. The fourth-order valence-electron chi connectivity index (χ4n) is 2.57. The van der Waals surface area contributed by atoms with Gasteiger partial charge in [-0.2, -0.15) is 0 Å². The SMILES string of the molecule is CCCCCCCCCCCCOC(=O)[C@H](C(N)=O)C(C)C. The van der Waals surface area contributed by atoms with Gasteiger partial charge in [-0.1, -0.05) is 78.6 Å². The molecule has 1 amide bonds. The molecule has 0 aliphatic rings. The van der Waals surface area contributed by atoms with Crippen LogP contribution in [0.2, 0.25) is 0 Å². The number of hydrogen-bond acceptors (Lipinski definition) is 3. The fraction of sp³-hybridized carbons (Fsp3) is 0.889. The largest absolute Gasteiger partial charge is 0.465 e. The van der Waals surface area contributed by atoms with Gasteiger partial charge in [-0.25, -0.2) is 0 Å². The lowest BCUT2D eigenvalue weighted by Crippen LogP contribution is -2.35. The summed E-state index contributed by atoms with van der Waals surface area (Å²) in [5, 5.41) is 0. The molecule has 4 nitrogen and oxygen atoms in total. The van der Waals surface area contributed by atoms with Gasteiger partial charge in [0, 0.05) is 0 Å². The highest BCUT2D eigenvalue weighted by atomic mass is 16.5. The van der Waals surface area contributed by atoms with Gasteiger partial charge in [-0.3, -0.25) is 9.59 Å². The number of hydrogen-bond donors (Lipinski definition) is 1. The summed E-state index contributed by atoms with van der Waals surface area (Å²) in [6.07, 6.45) is 12.4. The van der Waals surface area contributed by atoms with Crippen LogP contribution in [0.4, 0.5) is 0 Å². The molecule has 0 spiro atoms. The van der Waals surface area contributed by atoms with E-state index in [2.05, 4.69) is 6.92 Å². The maximum atomic E-state index is 11.8. The molecular weight excluding hydrogens is 278 g/mol. The standard InChI is InChI=1S/C18H35NO3/c1-4-5-6-7-8-9-10-11-12-13-14-22-18(21)16(15(2)3)17(19)20/h15-16H,4-14H2,1-3H3,(H2,19,20)/t16-/m0/s1. The van der Waals surface area contributed by atoms with Crippen molar-refractivity contribution in [1.82, 2.24) is 0 Å².